The Morgan fingerprint density at radius 2 is 2.33 bits per heavy atom. The van der Waals surface area contributed by atoms with Crippen LogP contribution in [0.25, 0.3) is 0 Å². The SMILES string of the molecule is CCOc1cccc(CN2CCN[C@H](C)C2)n1.Cl. The molecule has 18 heavy (non-hydrogen) atoms. The molecule has 0 aliphatic carbocycles. The fourth-order valence-electron chi connectivity index (χ4n) is 2.16. The zero-order valence-electron chi connectivity index (χ0n) is 11.1. The number of rotatable bonds is 4. The van der Waals surface area contributed by atoms with E-state index in [1.165, 1.54) is 0 Å². The summed E-state index contributed by atoms with van der Waals surface area (Å²) in [7, 11) is 0. The van der Waals surface area contributed by atoms with Gasteiger partial charge < -0.3 is 10.1 Å². The van der Waals surface area contributed by atoms with Crippen LogP contribution in [0.5, 0.6) is 5.88 Å². The molecule has 0 bridgehead atoms. The Balaban J connectivity index is 0.00000162. The maximum Gasteiger partial charge on any atom is 0.213 e. The number of piperazine rings is 1. The molecule has 1 aliphatic heterocycles. The van der Waals surface area contributed by atoms with Crippen molar-refractivity contribution in [1.29, 1.82) is 0 Å². The second-order valence-corrected chi connectivity index (χ2v) is 4.49. The average molecular weight is 272 g/mol. The molecule has 0 aromatic carbocycles. The van der Waals surface area contributed by atoms with Crippen molar-refractivity contribution in [2.75, 3.05) is 26.2 Å². The van der Waals surface area contributed by atoms with E-state index in [1.54, 1.807) is 0 Å². The molecule has 1 N–H and O–H groups in total. The van der Waals surface area contributed by atoms with E-state index in [1.807, 2.05) is 19.1 Å². The highest BCUT2D eigenvalue weighted by atomic mass is 35.5. The fourth-order valence-corrected chi connectivity index (χ4v) is 2.16. The van der Waals surface area contributed by atoms with Crippen LogP contribution in [0.15, 0.2) is 18.2 Å². The van der Waals surface area contributed by atoms with Gasteiger partial charge in [0.15, 0.2) is 0 Å². The second-order valence-electron chi connectivity index (χ2n) is 4.49. The van der Waals surface area contributed by atoms with Gasteiger partial charge in [-0.05, 0) is 19.9 Å². The zero-order chi connectivity index (χ0) is 12.1. The zero-order valence-corrected chi connectivity index (χ0v) is 11.9. The normalized spacial score (nSPS) is 20.2. The van der Waals surface area contributed by atoms with Crippen LogP contribution in [0.2, 0.25) is 0 Å². The standard InChI is InChI=1S/C13H21N3O.ClH/c1-3-17-13-6-4-5-12(15-13)10-16-8-7-14-11(2)9-16;/h4-6,11,14H,3,7-10H2,1-2H3;1H/t11-;/m1./s1. The molecule has 2 rings (SSSR count). The minimum absolute atomic E-state index is 0. The largest absolute Gasteiger partial charge is 0.478 e. The molecule has 0 spiro atoms. The lowest BCUT2D eigenvalue weighted by atomic mass is 10.2. The topological polar surface area (TPSA) is 37.4 Å². The lowest BCUT2D eigenvalue weighted by Gasteiger charge is -2.31. The Morgan fingerprint density at radius 1 is 1.50 bits per heavy atom. The predicted octanol–water partition coefficient (Wildman–Crippen LogP) is 1.70. The molecule has 1 aromatic rings. The number of halogens is 1. The Morgan fingerprint density at radius 3 is 3.06 bits per heavy atom. The van der Waals surface area contributed by atoms with Crippen molar-refractivity contribution in [2.45, 2.75) is 26.4 Å². The highest BCUT2D eigenvalue weighted by molar-refractivity contribution is 5.85. The van der Waals surface area contributed by atoms with E-state index in [2.05, 4.69) is 28.2 Å². The summed E-state index contributed by atoms with van der Waals surface area (Å²) in [5, 5.41) is 3.44. The van der Waals surface area contributed by atoms with Crippen molar-refractivity contribution in [1.82, 2.24) is 15.2 Å². The Labute approximate surface area is 115 Å². The summed E-state index contributed by atoms with van der Waals surface area (Å²) in [6.07, 6.45) is 0. The van der Waals surface area contributed by atoms with E-state index in [4.69, 9.17) is 4.74 Å². The highest BCUT2D eigenvalue weighted by Crippen LogP contribution is 2.10. The smallest absolute Gasteiger partial charge is 0.213 e. The minimum Gasteiger partial charge on any atom is -0.478 e. The number of hydrogen-bond acceptors (Lipinski definition) is 4. The molecule has 2 heterocycles. The molecule has 1 atom stereocenters. The van der Waals surface area contributed by atoms with Gasteiger partial charge in [-0.15, -0.1) is 12.4 Å². The summed E-state index contributed by atoms with van der Waals surface area (Å²) < 4.78 is 5.41. The van der Waals surface area contributed by atoms with Gasteiger partial charge in [-0.25, -0.2) is 4.98 Å². The molecule has 1 aliphatic rings. The van der Waals surface area contributed by atoms with E-state index in [0.717, 1.165) is 37.8 Å². The first-order valence-corrected chi connectivity index (χ1v) is 6.32. The van der Waals surface area contributed by atoms with Crippen LogP contribution in [-0.4, -0.2) is 42.2 Å². The Kier molecular flexibility index (Phi) is 6.39. The molecule has 0 saturated carbocycles. The van der Waals surface area contributed by atoms with Crippen LogP contribution < -0.4 is 10.1 Å². The van der Waals surface area contributed by atoms with Gasteiger partial charge >= 0.3 is 0 Å². The number of aromatic nitrogens is 1. The first-order valence-electron chi connectivity index (χ1n) is 6.32. The van der Waals surface area contributed by atoms with Crippen LogP contribution in [0.3, 0.4) is 0 Å². The van der Waals surface area contributed by atoms with Crippen molar-refractivity contribution < 1.29 is 4.74 Å². The van der Waals surface area contributed by atoms with Crippen molar-refractivity contribution in [3.63, 3.8) is 0 Å². The van der Waals surface area contributed by atoms with Crippen LogP contribution in [-0.2, 0) is 6.54 Å². The van der Waals surface area contributed by atoms with Gasteiger partial charge in [0.1, 0.15) is 0 Å². The van der Waals surface area contributed by atoms with E-state index >= 15 is 0 Å². The van der Waals surface area contributed by atoms with Gasteiger partial charge in [0.2, 0.25) is 5.88 Å². The first-order chi connectivity index (χ1) is 8.28. The van der Waals surface area contributed by atoms with Crippen LogP contribution in [0, 0.1) is 0 Å². The number of nitrogens with one attached hydrogen (secondary N) is 1. The lowest BCUT2D eigenvalue weighted by Crippen LogP contribution is -2.48. The third-order valence-corrected chi connectivity index (χ3v) is 2.91. The first kappa shape index (κ1) is 15.2. The Bertz CT molecular complexity index is 362. The highest BCUT2D eigenvalue weighted by Gasteiger charge is 2.15. The molecule has 0 amide bonds. The molecular formula is C13H22ClN3O. The van der Waals surface area contributed by atoms with Gasteiger partial charge in [0.05, 0.1) is 12.3 Å². The van der Waals surface area contributed by atoms with Crippen molar-refractivity contribution in [3.8, 4) is 5.88 Å². The van der Waals surface area contributed by atoms with Crippen LogP contribution in [0.1, 0.15) is 19.5 Å². The van der Waals surface area contributed by atoms with E-state index < -0.39 is 0 Å². The average Bonchev–Trinajstić information content (AvgIpc) is 2.30. The lowest BCUT2D eigenvalue weighted by molar-refractivity contribution is 0.197. The minimum atomic E-state index is 0. The quantitative estimate of drug-likeness (QED) is 0.905. The van der Waals surface area contributed by atoms with Crippen molar-refractivity contribution >= 4 is 12.4 Å². The van der Waals surface area contributed by atoms with Gasteiger partial charge in [-0.3, -0.25) is 4.90 Å². The molecule has 102 valence electrons. The van der Waals surface area contributed by atoms with Crippen molar-refractivity contribution in [3.05, 3.63) is 23.9 Å². The fraction of sp³-hybridized carbons (Fsp3) is 0.615. The summed E-state index contributed by atoms with van der Waals surface area (Å²) in [6.45, 7) is 9.01. The summed E-state index contributed by atoms with van der Waals surface area (Å²) in [6, 6.07) is 6.56. The molecule has 0 radical (unpaired) electrons. The van der Waals surface area contributed by atoms with Gasteiger partial charge in [-0.1, -0.05) is 6.07 Å². The van der Waals surface area contributed by atoms with Crippen molar-refractivity contribution in [2.24, 2.45) is 0 Å². The van der Waals surface area contributed by atoms with E-state index in [9.17, 15) is 0 Å². The molecule has 1 fully saturated rings. The molecular weight excluding hydrogens is 250 g/mol. The summed E-state index contributed by atoms with van der Waals surface area (Å²) in [5.41, 5.74) is 1.09. The van der Waals surface area contributed by atoms with E-state index in [-0.39, 0.29) is 12.4 Å². The van der Waals surface area contributed by atoms with Gasteiger partial charge in [0, 0.05) is 38.3 Å². The maximum absolute atomic E-state index is 5.41. The number of nitrogens with zero attached hydrogens (tertiary/aromatic N) is 2. The van der Waals surface area contributed by atoms with Crippen LogP contribution >= 0.6 is 12.4 Å². The second kappa shape index (κ2) is 7.56. The Hall–Kier alpha value is -0.840. The number of pyridine rings is 1. The maximum atomic E-state index is 5.41. The number of ether oxygens (including phenoxy) is 1. The molecule has 5 heteroatoms. The third-order valence-electron chi connectivity index (χ3n) is 2.91. The van der Waals surface area contributed by atoms with Gasteiger partial charge in [0.25, 0.3) is 0 Å². The summed E-state index contributed by atoms with van der Waals surface area (Å²) >= 11 is 0. The molecule has 1 aromatic heterocycles. The number of hydrogen-bond donors (Lipinski definition) is 1. The molecule has 4 nitrogen and oxygen atoms in total. The summed E-state index contributed by atoms with van der Waals surface area (Å²) in [5.74, 6) is 0.730. The monoisotopic (exact) mass is 271 g/mol. The van der Waals surface area contributed by atoms with Crippen LogP contribution in [0.4, 0.5) is 0 Å². The predicted molar refractivity (Wildman–Crippen MR) is 75.4 cm³/mol. The molecule has 1 saturated heterocycles. The van der Waals surface area contributed by atoms with E-state index in [0.29, 0.717) is 12.6 Å². The van der Waals surface area contributed by atoms with Gasteiger partial charge in [-0.2, -0.15) is 0 Å². The third kappa shape index (κ3) is 4.44. The molecule has 0 unspecified atom stereocenters. The summed E-state index contributed by atoms with van der Waals surface area (Å²) in [4.78, 5) is 6.93.